The Hall–Kier alpha value is -2.59. The second-order valence-electron chi connectivity index (χ2n) is 5.68. The number of fused-ring (bicyclic) bond motifs is 1. The smallest absolute Gasteiger partial charge is 0.327 e. The van der Waals surface area contributed by atoms with Crippen LogP contribution in [-0.4, -0.2) is 58.7 Å². The molecule has 3 amide bonds. The number of carbonyl (C=O) groups is 2. The van der Waals surface area contributed by atoms with E-state index in [2.05, 4.69) is 0 Å². The van der Waals surface area contributed by atoms with Crippen LogP contribution < -0.4 is 4.74 Å². The fourth-order valence-corrected chi connectivity index (χ4v) is 2.93. The number of rotatable bonds is 5. The van der Waals surface area contributed by atoms with Gasteiger partial charge in [-0.15, -0.1) is 0 Å². The van der Waals surface area contributed by atoms with E-state index in [4.69, 9.17) is 10.00 Å². The summed E-state index contributed by atoms with van der Waals surface area (Å²) in [5.74, 6) is 0.285. The number of imide groups is 1. The van der Waals surface area contributed by atoms with E-state index in [-0.39, 0.29) is 31.1 Å². The van der Waals surface area contributed by atoms with Crippen molar-refractivity contribution >= 4 is 11.9 Å². The van der Waals surface area contributed by atoms with Crippen molar-refractivity contribution in [1.82, 2.24) is 9.80 Å². The monoisotopic (exact) mass is 315 g/mol. The number of β-amino-alcohol motifs (C(OH)–C–C–N with tert-alkyl or cyclic N) is 1. The lowest BCUT2D eigenvalue weighted by atomic mass is 10.2. The van der Waals surface area contributed by atoms with Gasteiger partial charge in [0, 0.05) is 6.54 Å². The van der Waals surface area contributed by atoms with Crippen LogP contribution in [0.3, 0.4) is 0 Å². The van der Waals surface area contributed by atoms with Crippen LogP contribution in [-0.2, 0) is 4.79 Å². The van der Waals surface area contributed by atoms with E-state index in [9.17, 15) is 14.7 Å². The molecule has 1 N–H and O–H groups in total. The van der Waals surface area contributed by atoms with Gasteiger partial charge in [-0.1, -0.05) is 0 Å². The van der Waals surface area contributed by atoms with Crippen LogP contribution in [0, 0.1) is 11.3 Å². The molecule has 2 aliphatic rings. The Labute approximate surface area is 133 Å². The third-order valence-electron chi connectivity index (χ3n) is 4.10. The highest BCUT2D eigenvalue weighted by Crippen LogP contribution is 2.27. The van der Waals surface area contributed by atoms with Gasteiger partial charge in [-0.2, -0.15) is 5.26 Å². The minimum Gasteiger partial charge on any atom is -0.491 e. The fourth-order valence-electron chi connectivity index (χ4n) is 2.93. The molecule has 0 saturated carbocycles. The summed E-state index contributed by atoms with van der Waals surface area (Å²) in [6.45, 7) is 0.498. The van der Waals surface area contributed by atoms with Gasteiger partial charge in [0.1, 0.15) is 24.5 Å². The van der Waals surface area contributed by atoms with Gasteiger partial charge in [0.25, 0.3) is 5.91 Å². The van der Waals surface area contributed by atoms with Gasteiger partial charge < -0.3 is 14.7 Å². The van der Waals surface area contributed by atoms with Crippen molar-refractivity contribution in [2.24, 2.45) is 0 Å². The van der Waals surface area contributed by atoms with E-state index >= 15 is 0 Å². The quantitative estimate of drug-likeness (QED) is 0.808. The standard InChI is InChI=1S/C16H17N3O4/c17-8-11-3-5-13(6-4-11)23-10-12(20)9-19-15(21)14-2-1-7-18(14)16(19)22/h3-6,12,14,20H,1-2,7,9-10H2. The molecule has 1 aromatic carbocycles. The lowest BCUT2D eigenvalue weighted by Gasteiger charge is -2.19. The first-order valence-electron chi connectivity index (χ1n) is 7.53. The number of hydrogen-bond donors (Lipinski definition) is 1. The first-order chi connectivity index (χ1) is 11.1. The zero-order valence-corrected chi connectivity index (χ0v) is 12.5. The second kappa shape index (κ2) is 6.26. The molecule has 1 aromatic rings. The van der Waals surface area contributed by atoms with E-state index < -0.39 is 6.10 Å². The van der Waals surface area contributed by atoms with E-state index in [1.807, 2.05) is 6.07 Å². The van der Waals surface area contributed by atoms with Crippen molar-refractivity contribution < 1.29 is 19.4 Å². The Balaban J connectivity index is 1.53. The zero-order chi connectivity index (χ0) is 16.4. The van der Waals surface area contributed by atoms with Gasteiger partial charge in [-0.05, 0) is 37.1 Å². The molecule has 23 heavy (non-hydrogen) atoms. The number of nitriles is 1. The third-order valence-corrected chi connectivity index (χ3v) is 4.10. The van der Waals surface area contributed by atoms with Crippen LogP contribution in [0.1, 0.15) is 18.4 Å². The molecule has 2 atom stereocenters. The highest BCUT2D eigenvalue weighted by Gasteiger charge is 2.47. The average molecular weight is 315 g/mol. The Kier molecular flexibility index (Phi) is 4.17. The van der Waals surface area contributed by atoms with Gasteiger partial charge in [0.2, 0.25) is 0 Å². The summed E-state index contributed by atoms with van der Waals surface area (Å²) in [6, 6.07) is 7.82. The minimum absolute atomic E-state index is 0.0341. The highest BCUT2D eigenvalue weighted by molar-refractivity contribution is 6.04. The first kappa shape index (κ1) is 15.3. The highest BCUT2D eigenvalue weighted by atomic mass is 16.5. The number of aliphatic hydroxyl groups excluding tert-OH is 1. The van der Waals surface area contributed by atoms with Crippen LogP contribution in [0.15, 0.2) is 24.3 Å². The summed E-state index contributed by atoms with van der Waals surface area (Å²) >= 11 is 0. The molecule has 0 aromatic heterocycles. The predicted molar refractivity (Wildman–Crippen MR) is 79.5 cm³/mol. The molecule has 2 unspecified atom stereocenters. The maximum absolute atomic E-state index is 12.2. The number of amides is 3. The van der Waals surface area contributed by atoms with Gasteiger partial charge in [0.05, 0.1) is 18.2 Å². The van der Waals surface area contributed by atoms with Gasteiger partial charge >= 0.3 is 6.03 Å². The lowest BCUT2D eigenvalue weighted by Crippen LogP contribution is -2.41. The number of ether oxygens (including phenoxy) is 1. The maximum atomic E-state index is 12.2. The molecule has 0 bridgehead atoms. The topological polar surface area (TPSA) is 93.9 Å². The number of nitrogens with zero attached hydrogens (tertiary/aromatic N) is 3. The Morgan fingerprint density at radius 2 is 2.09 bits per heavy atom. The number of benzene rings is 1. The van der Waals surface area contributed by atoms with Gasteiger partial charge in [-0.25, -0.2) is 4.79 Å². The van der Waals surface area contributed by atoms with Crippen molar-refractivity contribution in [3.63, 3.8) is 0 Å². The molecule has 0 aliphatic carbocycles. The summed E-state index contributed by atoms with van der Waals surface area (Å²) in [7, 11) is 0. The molecule has 0 spiro atoms. The van der Waals surface area contributed by atoms with Crippen LogP contribution in [0.2, 0.25) is 0 Å². The fraction of sp³-hybridized carbons (Fsp3) is 0.438. The molecule has 2 fully saturated rings. The lowest BCUT2D eigenvalue weighted by molar-refractivity contribution is -0.129. The van der Waals surface area contributed by atoms with Crippen molar-refractivity contribution in [2.45, 2.75) is 25.0 Å². The van der Waals surface area contributed by atoms with Crippen molar-refractivity contribution in [1.29, 1.82) is 5.26 Å². The number of urea groups is 1. The molecule has 3 rings (SSSR count). The molecule has 7 nitrogen and oxygen atoms in total. The van der Waals surface area contributed by atoms with Crippen molar-refractivity contribution in [2.75, 3.05) is 19.7 Å². The predicted octanol–water partition coefficient (Wildman–Crippen LogP) is 0.725. The van der Waals surface area contributed by atoms with Crippen molar-refractivity contribution in [3.05, 3.63) is 29.8 Å². The second-order valence-corrected chi connectivity index (χ2v) is 5.68. The molecular formula is C16H17N3O4. The third kappa shape index (κ3) is 2.98. The average Bonchev–Trinajstić information content (AvgIpc) is 3.13. The molecule has 120 valence electrons. The summed E-state index contributed by atoms with van der Waals surface area (Å²) in [6.07, 6.45) is 0.581. The van der Waals surface area contributed by atoms with E-state index in [1.165, 1.54) is 0 Å². The van der Waals surface area contributed by atoms with Crippen LogP contribution in [0.25, 0.3) is 0 Å². The van der Waals surface area contributed by atoms with E-state index in [0.717, 1.165) is 11.3 Å². The van der Waals surface area contributed by atoms with Crippen LogP contribution in [0.4, 0.5) is 4.79 Å². The Bertz CT molecular complexity index is 630. The molecule has 7 heteroatoms. The number of hydrogen-bond acceptors (Lipinski definition) is 5. The normalized spacial score (nSPS) is 21.3. The van der Waals surface area contributed by atoms with E-state index in [1.54, 1.807) is 29.2 Å². The summed E-state index contributed by atoms with van der Waals surface area (Å²) in [5.41, 5.74) is 0.520. The minimum atomic E-state index is -0.960. The molecule has 0 radical (unpaired) electrons. The van der Waals surface area contributed by atoms with Gasteiger partial charge in [0.15, 0.2) is 0 Å². The molecule has 2 heterocycles. The van der Waals surface area contributed by atoms with Gasteiger partial charge in [-0.3, -0.25) is 9.69 Å². The van der Waals surface area contributed by atoms with Crippen LogP contribution >= 0.6 is 0 Å². The Morgan fingerprint density at radius 3 is 2.74 bits per heavy atom. The molecular weight excluding hydrogens is 298 g/mol. The largest absolute Gasteiger partial charge is 0.491 e. The molecule has 2 aliphatic heterocycles. The summed E-state index contributed by atoms with van der Waals surface area (Å²) in [4.78, 5) is 27.0. The summed E-state index contributed by atoms with van der Waals surface area (Å²) in [5, 5.41) is 18.7. The summed E-state index contributed by atoms with van der Waals surface area (Å²) < 4.78 is 5.42. The molecule has 2 saturated heterocycles. The Morgan fingerprint density at radius 1 is 1.35 bits per heavy atom. The zero-order valence-electron chi connectivity index (χ0n) is 12.5. The number of carbonyl (C=O) groups excluding carboxylic acids is 2. The number of aliphatic hydroxyl groups is 1. The van der Waals surface area contributed by atoms with Crippen LogP contribution in [0.5, 0.6) is 5.75 Å². The first-order valence-corrected chi connectivity index (χ1v) is 7.53. The SMILES string of the molecule is N#Cc1ccc(OCC(O)CN2C(=O)C3CCCN3C2=O)cc1. The van der Waals surface area contributed by atoms with Crippen molar-refractivity contribution in [3.8, 4) is 11.8 Å². The van der Waals surface area contributed by atoms with E-state index in [0.29, 0.717) is 24.3 Å². The maximum Gasteiger partial charge on any atom is 0.327 e.